The normalized spacial score (nSPS) is 11.6. The van der Waals surface area contributed by atoms with E-state index >= 15 is 0 Å². The van der Waals surface area contributed by atoms with Crippen LogP contribution in [0.4, 0.5) is 0 Å². The second-order valence-corrected chi connectivity index (χ2v) is 9.81. The van der Waals surface area contributed by atoms with Crippen LogP contribution in [0.3, 0.4) is 0 Å². The number of fused-ring (bicyclic) bond motifs is 2. The van der Waals surface area contributed by atoms with Crippen LogP contribution in [0.5, 0.6) is 0 Å². The maximum atomic E-state index is 5.14. The number of benzene rings is 1. The number of pyridine rings is 2. The molecule has 4 heterocycles. The van der Waals surface area contributed by atoms with Crippen molar-refractivity contribution in [2.45, 2.75) is 40.0 Å². The fourth-order valence-corrected chi connectivity index (χ4v) is 6.13. The van der Waals surface area contributed by atoms with Crippen molar-refractivity contribution in [2.24, 2.45) is 0 Å². The molecule has 0 aliphatic carbocycles. The summed E-state index contributed by atoms with van der Waals surface area (Å²) < 4.78 is 2.57. The minimum absolute atomic E-state index is 0.976. The van der Waals surface area contributed by atoms with E-state index in [1.165, 1.54) is 41.1 Å². The van der Waals surface area contributed by atoms with E-state index in [1.807, 2.05) is 28.9 Å². The van der Waals surface area contributed by atoms with Gasteiger partial charge < -0.3 is 0 Å². The molecule has 0 N–H and O–H groups in total. The van der Waals surface area contributed by atoms with Crippen molar-refractivity contribution < 1.29 is 0 Å². The van der Waals surface area contributed by atoms with Gasteiger partial charge in [-0.15, -0.1) is 22.7 Å². The Balaban J connectivity index is 1.73. The Bertz CT molecular complexity index is 1260. The van der Waals surface area contributed by atoms with E-state index < -0.39 is 0 Å². The van der Waals surface area contributed by atoms with Crippen LogP contribution < -0.4 is 0 Å². The number of aryl methyl sites for hydroxylation is 3. The number of nitrogens with zero attached hydrogens (tertiary/aromatic N) is 2. The van der Waals surface area contributed by atoms with E-state index in [9.17, 15) is 0 Å². The van der Waals surface area contributed by atoms with E-state index in [0.29, 0.717) is 0 Å². The molecule has 0 radical (unpaired) electrons. The van der Waals surface area contributed by atoms with E-state index in [4.69, 9.17) is 9.97 Å². The van der Waals surface area contributed by atoms with Gasteiger partial charge in [-0.05, 0) is 65.9 Å². The summed E-state index contributed by atoms with van der Waals surface area (Å²) in [5.41, 5.74) is 5.54. The first-order valence-electron chi connectivity index (χ1n) is 10.6. The lowest BCUT2D eigenvalue weighted by Gasteiger charge is -2.10. The molecule has 0 saturated heterocycles. The maximum Gasteiger partial charge on any atom is 0.106 e. The summed E-state index contributed by atoms with van der Waals surface area (Å²) in [6.45, 7) is 6.63. The van der Waals surface area contributed by atoms with Gasteiger partial charge in [-0.2, -0.15) is 0 Å². The molecule has 0 saturated carbocycles. The summed E-state index contributed by atoms with van der Waals surface area (Å²) in [5.74, 6) is 0. The molecule has 0 unspecified atom stereocenters. The van der Waals surface area contributed by atoms with Crippen LogP contribution in [0.2, 0.25) is 0 Å². The van der Waals surface area contributed by atoms with Crippen molar-refractivity contribution in [3.05, 3.63) is 70.0 Å². The molecule has 0 amide bonds. The third kappa shape index (κ3) is 3.34. The zero-order valence-corrected chi connectivity index (χ0v) is 19.2. The monoisotopic (exact) mass is 428 g/mol. The molecule has 0 bridgehead atoms. The predicted molar refractivity (Wildman–Crippen MR) is 132 cm³/mol. The average molecular weight is 429 g/mol. The van der Waals surface area contributed by atoms with Crippen LogP contribution in [0.1, 0.15) is 36.1 Å². The molecule has 0 spiro atoms. The fraction of sp³-hybridized carbons (Fsp3) is 0.231. The Morgan fingerprint density at radius 3 is 2.17 bits per heavy atom. The SMILES string of the molecule is CCc1cc(-c2cccc3cc(CC)sc23)nc(-c2nccc3cc(CC)sc23)c1. The smallest absolute Gasteiger partial charge is 0.106 e. The van der Waals surface area contributed by atoms with Gasteiger partial charge in [0.1, 0.15) is 5.69 Å². The van der Waals surface area contributed by atoms with Crippen molar-refractivity contribution in [2.75, 3.05) is 0 Å². The van der Waals surface area contributed by atoms with Gasteiger partial charge in [0.25, 0.3) is 0 Å². The van der Waals surface area contributed by atoms with Crippen LogP contribution in [0.25, 0.3) is 42.8 Å². The van der Waals surface area contributed by atoms with Gasteiger partial charge in [0, 0.05) is 26.2 Å². The van der Waals surface area contributed by atoms with Crippen LogP contribution in [-0.4, -0.2) is 9.97 Å². The topological polar surface area (TPSA) is 25.8 Å². The standard InChI is InChI=1S/C26H24N2S2/c1-4-16-12-22(21-9-7-8-17-14-19(5-2)29-25(17)21)28-23(13-16)24-26-18(10-11-27-24)15-20(6-3)30-26/h7-15H,4-6H2,1-3H3. The lowest BCUT2D eigenvalue weighted by atomic mass is 10.0. The molecular formula is C26H24N2S2. The molecule has 0 atom stereocenters. The number of hydrogen-bond donors (Lipinski definition) is 0. The lowest BCUT2D eigenvalue weighted by molar-refractivity contribution is 1.12. The molecule has 0 aliphatic heterocycles. The highest BCUT2D eigenvalue weighted by atomic mass is 32.1. The first kappa shape index (κ1) is 19.4. The number of aromatic nitrogens is 2. The first-order valence-corrected chi connectivity index (χ1v) is 12.2. The van der Waals surface area contributed by atoms with Crippen molar-refractivity contribution in [1.82, 2.24) is 9.97 Å². The third-order valence-electron chi connectivity index (χ3n) is 5.59. The molecule has 0 aliphatic rings. The molecule has 2 nitrogen and oxygen atoms in total. The van der Waals surface area contributed by atoms with Gasteiger partial charge >= 0.3 is 0 Å². The van der Waals surface area contributed by atoms with Crippen LogP contribution in [0, 0.1) is 0 Å². The molecule has 4 aromatic heterocycles. The second kappa shape index (κ2) is 7.93. The largest absolute Gasteiger partial charge is 0.253 e. The molecule has 30 heavy (non-hydrogen) atoms. The summed E-state index contributed by atoms with van der Waals surface area (Å²) in [7, 11) is 0. The minimum atomic E-state index is 0.976. The fourth-order valence-electron chi connectivity index (χ4n) is 3.92. The van der Waals surface area contributed by atoms with E-state index in [0.717, 1.165) is 36.3 Å². The van der Waals surface area contributed by atoms with Crippen molar-refractivity contribution >= 4 is 42.8 Å². The molecule has 0 fully saturated rings. The number of thiophene rings is 2. The summed E-state index contributed by atoms with van der Waals surface area (Å²) >= 11 is 3.73. The van der Waals surface area contributed by atoms with Gasteiger partial charge in [-0.3, -0.25) is 4.98 Å². The second-order valence-electron chi connectivity index (χ2n) is 7.53. The van der Waals surface area contributed by atoms with E-state index in [-0.39, 0.29) is 0 Å². The minimum Gasteiger partial charge on any atom is -0.253 e. The number of hydrogen-bond acceptors (Lipinski definition) is 4. The zero-order chi connectivity index (χ0) is 20.7. The first-order chi connectivity index (χ1) is 14.7. The molecule has 4 heteroatoms. The summed E-state index contributed by atoms with van der Waals surface area (Å²) in [6.07, 6.45) is 5.00. The van der Waals surface area contributed by atoms with Gasteiger partial charge in [-0.25, -0.2) is 4.98 Å². The predicted octanol–water partition coefficient (Wildman–Crippen LogP) is 7.93. The van der Waals surface area contributed by atoms with Crippen LogP contribution in [-0.2, 0) is 19.3 Å². The Morgan fingerprint density at radius 2 is 1.43 bits per heavy atom. The van der Waals surface area contributed by atoms with Gasteiger partial charge in [0.2, 0.25) is 0 Å². The van der Waals surface area contributed by atoms with Crippen molar-refractivity contribution in [3.8, 4) is 22.6 Å². The van der Waals surface area contributed by atoms with E-state index in [2.05, 4.69) is 69.3 Å². The van der Waals surface area contributed by atoms with Gasteiger partial charge in [0.15, 0.2) is 0 Å². The van der Waals surface area contributed by atoms with Gasteiger partial charge in [0.05, 0.1) is 16.1 Å². The molecule has 5 rings (SSSR count). The summed E-state index contributed by atoms with van der Waals surface area (Å²) in [5, 5.41) is 2.57. The molecular weight excluding hydrogens is 404 g/mol. The highest BCUT2D eigenvalue weighted by molar-refractivity contribution is 7.20. The molecule has 150 valence electrons. The van der Waals surface area contributed by atoms with Crippen molar-refractivity contribution in [1.29, 1.82) is 0 Å². The lowest BCUT2D eigenvalue weighted by Crippen LogP contribution is -1.94. The summed E-state index contributed by atoms with van der Waals surface area (Å²) in [6, 6.07) is 17.7. The zero-order valence-electron chi connectivity index (χ0n) is 17.5. The highest BCUT2D eigenvalue weighted by Crippen LogP contribution is 2.37. The average Bonchev–Trinajstić information content (AvgIpc) is 3.41. The third-order valence-corrected chi connectivity index (χ3v) is 8.22. The maximum absolute atomic E-state index is 5.14. The Morgan fingerprint density at radius 1 is 0.733 bits per heavy atom. The Hall–Kier alpha value is -2.56. The van der Waals surface area contributed by atoms with Crippen molar-refractivity contribution in [3.63, 3.8) is 0 Å². The quantitative estimate of drug-likeness (QED) is 0.284. The number of rotatable bonds is 5. The highest BCUT2D eigenvalue weighted by Gasteiger charge is 2.15. The Kier molecular flexibility index (Phi) is 5.13. The van der Waals surface area contributed by atoms with Gasteiger partial charge in [-0.1, -0.05) is 39.0 Å². The van der Waals surface area contributed by atoms with Crippen LogP contribution >= 0.6 is 22.7 Å². The molecule has 5 aromatic rings. The van der Waals surface area contributed by atoms with Crippen LogP contribution in [0.15, 0.2) is 54.7 Å². The summed E-state index contributed by atoms with van der Waals surface area (Å²) in [4.78, 5) is 12.7. The Labute approximate surface area is 185 Å². The molecule has 1 aromatic carbocycles. The van der Waals surface area contributed by atoms with E-state index in [1.54, 1.807) is 0 Å².